The molecule has 120 valence electrons. The van der Waals surface area contributed by atoms with Crippen LogP contribution in [0.25, 0.3) is 0 Å². The summed E-state index contributed by atoms with van der Waals surface area (Å²) in [5, 5.41) is 3.46. The summed E-state index contributed by atoms with van der Waals surface area (Å²) in [5.74, 6) is 1.74. The normalized spacial score (nSPS) is 11.4. The lowest BCUT2D eigenvalue weighted by Gasteiger charge is -2.13. The standard InChI is InChI=1S/C17H30N2O2/c1-6-20-7-8-21-17-10-15(12-18-11-13(2)3)9-16(19-17)14(4)5/h9-10,13-14,18H,6-8,11-12H2,1-5H3. The third kappa shape index (κ3) is 7.44. The van der Waals surface area contributed by atoms with E-state index >= 15 is 0 Å². The van der Waals surface area contributed by atoms with Gasteiger partial charge in [-0.15, -0.1) is 0 Å². The van der Waals surface area contributed by atoms with Crippen molar-refractivity contribution in [3.63, 3.8) is 0 Å². The summed E-state index contributed by atoms with van der Waals surface area (Å²) in [5.41, 5.74) is 2.30. The van der Waals surface area contributed by atoms with Gasteiger partial charge in [-0.2, -0.15) is 0 Å². The Labute approximate surface area is 129 Å². The third-order valence-electron chi connectivity index (χ3n) is 3.04. The lowest BCUT2D eigenvalue weighted by Crippen LogP contribution is -2.19. The molecule has 0 radical (unpaired) electrons. The van der Waals surface area contributed by atoms with Crippen LogP contribution in [0.15, 0.2) is 12.1 Å². The number of ether oxygens (including phenoxy) is 2. The number of rotatable bonds is 10. The van der Waals surface area contributed by atoms with Crippen LogP contribution in [0.3, 0.4) is 0 Å². The van der Waals surface area contributed by atoms with Gasteiger partial charge < -0.3 is 14.8 Å². The van der Waals surface area contributed by atoms with E-state index in [2.05, 4.69) is 44.1 Å². The highest BCUT2D eigenvalue weighted by atomic mass is 16.5. The van der Waals surface area contributed by atoms with Crippen molar-refractivity contribution in [3.05, 3.63) is 23.4 Å². The number of nitrogens with one attached hydrogen (secondary N) is 1. The number of aromatic nitrogens is 1. The first-order valence-corrected chi connectivity index (χ1v) is 7.95. The van der Waals surface area contributed by atoms with E-state index in [1.54, 1.807) is 0 Å². The molecule has 0 unspecified atom stereocenters. The first kappa shape index (κ1) is 17.9. The Morgan fingerprint density at radius 3 is 2.52 bits per heavy atom. The van der Waals surface area contributed by atoms with Gasteiger partial charge in [-0.05, 0) is 36.9 Å². The predicted octanol–water partition coefficient (Wildman–Crippen LogP) is 3.37. The molecular weight excluding hydrogens is 264 g/mol. The van der Waals surface area contributed by atoms with Crippen molar-refractivity contribution in [1.29, 1.82) is 0 Å². The van der Waals surface area contributed by atoms with Crippen molar-refractivity contribution in [2.75, 3.05) is 26.4 Å². The van der Waals surface area contributed by atoms with Crippen LogP contribution in [0.1, 0.15) is 51.8 Å². The Bertz CT molecular complexity index is 406. The van der Waals surface area contributed by atoms with E-state index in [4.69, 9.17) is 9.47 Å². The molecule has 0 aliphatic heterocycles. The molecule has 4 heteroatoms. The maximum atomic E-state index is 5.70. The Hall–Kier alpha value is -1.13. The first-order valence-electron chi connectivity index (χ1n) is 7.95. The Kier molecular flexibility index (Phi) is 8.31. The zero-order valence-electron chi connectivity index (χ0n) is 14.1. The van der Waals surface area contributed by atoms with E-state index < -0.39 is 0 Å². The number of hydrogen-bond donors (Lipinski definition) is 1. The second-order valence-electron chi connectivity index (χ2n) is 5.96. The first-order chi connectivity index (χ1) is 10.0. The summed E-state index contributed by atoms with van der Waals surface area (Å²) in [6, 6.07) is 4.18. The average Bonchev–Trinajstić information content (AvgIpc) is 2.43. The van der Waals surface area contributed by atoms with Crippen molar-refractivity contribution in [2.24, 2.45) is 5.92 Å². The van der Waals surface area contributed by atoms with Gasteiger partial charge in [0.05, 0.1) is 6.61 Å². The molecule has 0 aliphatic rings. The molecule has 0 spiro atoms. The van der Waals surface area contributed by atoms with Crippen molar-refractivity contribution >= 4 is 0 Å². The zero-order valence-corrected chi connectivity index (χ0v) is 14.1. The molecule has 4 nitrogen and oxygen atoms in total. The third-order valence-corrected chi connectivity index (χ3v) is 3.04. The van der Waals surface area contributed by atoms with Gasteiger partial charge >= 0.3 is 0 Å². The smallest absolute Gasteiger partial charge is 0.213 e. The molecule has 0 saturated heterocycles. The van der Waals surface area contributed by atoms with Crippen LogP contribution in [-0.4, -0.2) is 31.3 Å². The summed E-state index contributed by atoms with van der Waals surface area (Å²) in [6.07, 6.45) is 0. The van der Waals surface area contributed by atoms with Gasteiger partial charge in [0.1, 0.15) is 6.61 Å². The largest absolute Gasteiger partial charge is 0.475 e. The van der Waals surface area contributed by atoms with E-state index in [0.717, 1.165) is 18.8 Å². The molecule has 1 N–H and O–H groups in total. The molecule has 0 fully saturated rings. The second-order valence-corrected chi connectivity index (χ2v) is 5.96. The molecule has 0 bridgehead atoms. The Balaban J connectivity index is 2.66. The molecule has 0 aromatic carbocycles. The number of pyridine rings is 1. The molecule has 1 heterocycles. The monoisotopic (exact) mass is 294 g/mol. The summed E-state index contributed by atoms with van der Waals surface area (Å²) in [4.78, 5) is 4.57. The van der Waals surface area contributed by atoms with Crippen molar-refractivity contribution in [2.45, 2.75) is 47.1 Å². The fraction of sp³-hybridized carbons (Fsp3) is 0.706. The minimum atomic E-state index is 0.393. The van der Waals surface area contributed by atoms with Gasteiger partial charge in [0.25, 0.3) is 0 Å². The van der Waals surface area contributed by atoms with Crippen molar-refractivity contribution < 1.29 is 9.47 Å². The Morgan fingerprint density at radius 1 is 1.14 bits per heavy atom. The summed E-state index contributed by atoms with van der Waals surface area (Å²) < 4.78 is 11.0. The van der Waals surface area contributed by atoms with Crippen LogP contribution in [0.5, 0.6) is 5.88 Å². The molecule has 21 heavy (non-hydrogen) atoms. The van der Waals surface area contributed by atoms with Crippen LogP contribution < -0.4 is 10.1 Å². The van der Waals surface area contributed by atoms with Gasteiger partial charge in [-0.3, -0.25) is 0 Å². The molecule has 0 saturated carbocycles. The lowest BCUT2D eigenvalue weighted by molar-refractivity contribution is 0.108. The van der Waals surface area contributed by atoms with E-state index in [9.17, 15) is 0 Å². The van der Waals surface area contributed by atoms with Crippen LogP contribution in [-0.2, 0) is 11.3 Å². The maximum absolute atomic E-state index is 5.70. The SMILES string of the molecule is CCOCCOc1cc(CNCC(C)C)cc(C(C)C)n1. The van der Waals surface area contributed by atoms with Crippen molar-refractivity contribution in [1.82, 2.24) is 10.3 Å². The van der Waals surface area contributed by atoms with E-state index in [1.807, 2.05) is 13.0 Å². The molecular formula is C17H30N2O2. The van der Waals surface area contributed by atoms with Crippen molar-refractivity contribution in [3.8, 4) is 5.88 Å². The average molecular weight is 294 g/mol. The minimum Gasteiger partial charge on any atom is -0.475 e. The summed E-state index contributed by atoms with van der Waals surface area (Å²) >= 11 is 0. The highest BCUT2D eigenvalue weighted by molar-refractivity contribution is 5.26. The molecule has 1 aromatic heterocycles. The molecule has 1 rings (SSSR count). The van der Waals surface area contributed by atoms with E-state index in [-0.39, 0.29) is 0 Å². The molecule has 0 atom stereocenters. The predicted molar refractivity (Wildman–Crippen MR) is 86.9 cm³/mol. The fourth-order valence-electron chi connectivity index (χ4n) is 1.91. The van der Waals surface area contributed by atoms with Gasteiger partial charge in [-0.1, -0.05) is 27.7 Å². The summed E-state index contributed by atoms with van der Waals surface area (Å²) in [7, 11) is 0. The maximum Gasteiger partial charge on any atom is 0.213 e. The van der Waals surface area contributed by atoms with E-state index in [0.29, 0.717) is 37.5 Å². The molecule has 1 aromatic rings. The molecule has 0 aliphatic carbocycles. The summed E-state index contributed by atoms with van der Waals surface area (Å²) in [6.45, 7) is 14.4. The van der Waals surface area contributed by atoms with Crippen LogP contribution >= 0.6 is 0 Å². The van der Waals surface area contributed by atoms with Gasteiger partial charge in [-0.25, -0.2) is 4.98 Å². The quantitative estimate of drug-likeness (QED) is 0.672. The highest BCUT2D eigenvalue weighted by Crippen LogP contribution is 2.19. The number of nitrogens with zero attached hydrogens (tertiary/aromatic N) is 1. The van der Waals surface area contributed by atoms with Crippen LogP contribution in [0, 0.1) is 5.92 Å². The van der Waals surface area contributed by atoms with Crippen LogP contribution in [0.2, 0.25) is 0 Å². The zero-order chi connectivity index (χ0) is 15.7. The highest BCUT2D eigenvalue weighted by Gasteiger charge is 2.07. The van der Waals surface area contributed by atoms with E-state index in [1.165, 1.54) is 5.56 Å². The Morgan fingerprint density at radius 2 is 1.90 bits per heavy atom. The topological polar surface area (TPSA) is 43.4 Å². The van der Waals surface area contributed by atoms with Gasteiger partial charge in [0.15, 0.2) is 0 Å². The minimum absolute atomic E-state index is 0.393. The van der Waals surface area contributed by atoms with Gasteiger partial charge in [0, 0.05) is 24.9 Å². The fourth-order valence-corrected chi connectivity index (χ4v) is 1.91. The van der Waals surface area contributed by atoms with Gasteiger partial charge in [0.2, 0.25) is 5.88 Å². The number of hydrogen-bond acceptors (Lipinski definition) is 4. The van der Waals surface area contributed by atoms with Crippen LogP contribution in [0.4, 0.5) is 0 Å². The molecule has 0 amide bonds. The lowest BCUT2D eigenvalue weighted by atomic mass is 10.1. The second kappa shape index (κ2) is 9.74.